The third-order valence-electron chi connectivity index (χ3n) is 6.41. The van der Waals surface area contributed by atoms with Gasteiger partial charge in [-0.3, -0.25) is 19.6 Å². The Morgan fingerprint density at radius 2 is 1.84 bits per heavy atom. The molecule has 1 atom stereocenters. The lowest BCUT2D eigenvalue weighted by molar-refractivity contribution is -0.128. The fourth-order valence-corrected chi connectivity index (χ4v) is 4.44. The lowest BCUT2D eigenvalue weighted by Crippen LogP contribution is -2.52. The van der Waals surface area contributed by atoms with Gasteiger partial charge in [0.1, 0.15) is 11.4 Å². The molecule has 9 heteroatoms. The van der Waals surface area contributed by atoms with E-state index in [1.807, 2.05) is 60.9 Å². The molecular formula is C28H35N5O4. The molecule has 2 amide bonds. The van der Waals surface area contributed by atoms with Gasteiger partial charge in [0, 0.05) is 12.7 Å². The average molecular weight is 506 g/mol. The highest BCUT2D eigenvalue weighted by molar-refractivity contribution is 6.05. The van der Waals surface area contributed by atoms with Crippen LogP contribution < -0.4 is 5.32 Å². The summed E-state index contributed by atoms with van der Waals surface area (Å²) in [4.78, 5) is 36.2. The molecule has 37 heavy (non-hydrogen) atoms. The molecule has 0 saturated carbocycles. The monoisotopic (exact) mass is 505 g/mol. The SMILES string of the molecule is Cc1nc2cc(C(C)(C)O)ccc2n1-c1cccc([C@]2(C)CC(=O)N(C)C(NC(=O)OC(C)(C)C)=N2)c1. The summed E-state index contributed by atoms with van der Waals surface area (Å²) in [5, 5.41) is 13.0. The molecule has 4 rings (SSSR count). The Kier molecular flexibility index (Phi) is 6.40. The predicted molar refractivity (Wildman–Crippen MR) is 143 cm³/mol. The Morgan fingerprint density at radius 1 is 1.14 bits per heavy atom. The van der Waals surface area contributed by atoms with E-state index in [0.29, 0.717) is 0 Å². The van der Waals surface area contributed by atoms with Crippen LogP contribution in [0.4, 0.5) is 4.79 Å². The first-order valence-electron chi connectivity index (χ1n) is 12.3. The minimum absolute atomic E-state index is 0.141. The van der Waals surface area contributed by atoms with Gasteiger partial charge in [0.2, 0.25) is 11.9 Å². The largest absolute Gasteiger partial charge is 0.444 e. The number of guanidine groups is 1. The Labute approximate surface area is 217 Å². The van der Waals surface area contributed by atoms with Crippen molar-refractivity contribution in [2.75, 3.05) is 7.05 Å². The highest BCUT2D eigenvalue weighted by Crippen LogP contribution is 2.35. The van der Waals surface area contributed by atoms with Gasteiger partial charge in [-0.1, -0.05) is 18.2 Å². The second kappa shape index (κ2) is 8.99. The lowest BCUT2D eigenvalue weighted by Gasteiger charge is -2.35. The van der Waals surface area contributed by atoms with Gasteiger partial charge in [-0.2, -0.15) is 0 Å². The maximum absolute atomic E-state index is 12.9. The second-order valence-electron chi connectivity index (χ2n) is 11.3. The van der Waals surface area contributed by atoms with E-state index in [-0.39, 0.29) is 18.3 Å². The van der Waals surface area contributed by atoms with Crippen molar-refractivity contribution in [3.63, 3.8) is 0 Å². The molecule has 2 heterocycles. The van der Waals surface area contributed by atoms with Crippen molar-refractivity contribution in [2.45, 2.75) is 71.6 Å². The first kappa shape index (κ1) is 26.3. The summed E-state index contributed by atoms with van der Waals surface area (Å²) in [5.74, 6) is 0.764. The summed E-state index contributed by atoms with van der Waals surface area (Å²) in [6.07, 6.45) is -0.528. The number of aliphatic imine (C=N–C) groups is 1. The molecule has 1 aliphatic heterocycles. The number of benzene rings is 2. The number of carbonyl (C=O) groups is 2. The van der Waals surface area contributed by atoms with Crippen LogP contribution in [0.5, 0.6) is 0 Å². The van der Waals surface area contributed by atoms with Gasteiger partial charge >= 0.3 is 6.09 Å². The second-order valence-corrected chi connectivity index (χ2v) is 11.3. The van der Waals surface area contributed by atoms with Crippen molar-refractivity contribution in [1.29, 1.82) is 0 Å². The Balaban J connectivity index is 1.74. The molecule has 0 unspecified atom stereocenters. The van der Waals surface area contributed by atoms with Crippen LogP contribution >= 0.6 is 0 Å². The van der Waals surface area contributed by atoms with Crippen molar-refractivity contribution in [2.24, 2.45) is 4.99 Å². The summed E-state index contributed by atoms with van der Waals surface area (Å²) in [7, 11) is 1.58. The van der Waals surface area contributed by atoms with Crippen molar-refractivity contribution in [3.05, 3.63) is 59.4 Å². The molecule has 2 N–H and O–H groups in total. The van der Waals surface area contributed by atoms with E-state index >= 15 is 0 Å². The van der Waals surface area contributed by atoms with Gasteiger partial charge in [0.15, 0.2) is 0 Å². The number of fused-ring (bicyclic) bond motifs is 1. The van der Waals surface area contributed by atoms with E-state index in [0.717, 1.165) is 33.7 Å². The van der Waals surface area contributed by atoms with Crippen molar-refractivity contribution in [3.8, 4) is 5.69 Å². The molecule has 9 nitrogen and oxygen atoms in total. The number of hydrogen-bond donors (Lipinski definition) is 2. The number of hydrogen-bond acceptors (Lipinski definition) is 6. The fourth-order valence-electron chi connectivity index (χ4n) is 4.44. The third kappa shape index (κ3) is 5.36. The molecule has 3 aromatic rings. The first-order valence-corrected chi connectivity index (χ1v) is 12.3. The average Bonchev–Trinajstić information content (AvgIpc) is 3.10. The molecular weight excluding hydrogens is 470 g/mol. The highest BCUT2D eigenvalue weighted by Gasteiger charge is 2.38. The first-order chi connectivity index (χ1) is 17.1. The van der Waals surface area contributed by atoms with Gasteiger partial charge in [-0.15, -0.1) is 0 Å². The molecule has 2 aromatic carbocycles. The number of amides is 2. The minimum atomic E-state index is -0.968. The Morgan fingerprint density at radius 3 is 2.49 bits per heavy atom. The van der Waals surface area contributed by atoms with Crippen LogP contribution in [0.1, 0.15) is 64.9 Å². The molecule has 1 aromatic heterocycles. The Bertz CT molecular complexity index is 1410. The summed E-state index contributed by atoms with van der Waals surface area (Å²) < 4.78 is 7.39. The molecule has 0 aliphatic carbocycles. The molecule has 0 spiro atoms. The molecule has 0 radical (unpaired) electrons. The molecule has 0 fully saturated rings. The van der Waals surface area contributed by atoms with E-state index in [1.165, 1.54) is 4.90 Å². The number of aliphatic hydroxyl groups is 1. The maximum Gasteiger partial charge on any atom is 0.414 e. The molecule has 0 saturated heterocycles. The van der Waals surface area contributed by atoms with Gasteiger partial charge in [0.05, 0.1) is 28.6 Å². The zero-order chi connectivity index (χ0) is 27.3. The Hall–Kier alpha value is -3.72. The molecule has 0 bridgehead atoms. The zero-order valence-corrected chi connectivity index (χ0v) is 22.7. The number of aromatic nitrogens is 2. The number of aryl methyl sites for hydroxylation is 1. The number of alkyl carbamates (subject to hydrolysis) is 1. The minimum Gasteiger partial charge on any atom is -0.444 e. The van der Waals surface area contributed by atoms with E-state index < -0.39 is 22.8 Å². The number of nitrogens with one attached hydrogen (secondary N) is 1. The lowest BCUT2D eigenvalue weighted by atomic mass is 9.87. The number of nitrogens with zero attached hydrogens (tertiary/aromatic N) is 4. The number of carbonyl (C=O) groups excluding carboxylic acids is 2. The van der Waals surface area contributed by atoms with E-state index in [9.17, 15) is 14.7 Å². The normalized spacial score (nSPS) is 18.7. The van der Waals surface area contributed by atoms with Crippen molar-refractivity contribution < 1.29 is 19.4 Å². The van der Waals surface area contributed by atoms with Crippen molar-refractivity contribution >= 4 is 29.0 Å². The summed E-state index contributed by atoms with van der Waals surface area (Å²) in [5.41, 5.74) is 1.62. The van der Waals surface area contributed by atoms with Gasteiger partial charge in [-0.25, -0.2) is 14.8 Å². The van der Waals surface area contributed by atoms with E-state index in [1.54, 1.807) is 41.7 Å². The third-order valence-corrected chi connectivity index (χ3v) is 6.41. The quantitative estimate of drug-likeness (QED) is 0.544. The van der Waals surface area contributed by atoms with Gasteiger partial charge in [-0.05, 0) is 83.9 Å². The number of rotatable bonds is 3. The van der Waals surface area contributed by atoms with Crippen LogP contribution in [-0.4, -0.2) is 50.2 Å². The van der Waals surface area contributed by atoms with Crippen LogP contribution in [0, 0.1) is 6.92 Å². The zero-order valence-electron chi connectivity index (χ0n) is 22.7. The summed E-state index contributed by atoms with van der Waals surface area (Å²) in [6, 6.07) is 13.6. The van der Waals surface area contributed by atoms with Gasteiger partial charge in [0.25, 0.3) is 0 Å². The van der Waals surface area contributed by atoms with E-state index in [4.69, 9.17) is 14.7 Å². The van der Waals surface area contributed by atoms with Crippen LogP contribution in [0.25, 0.3) is 16.7 Å². The van der Waals surface area contributed by atoms with Crippen LogP contribution in [0.2, 0.25) is 0 Å². The smallest absolute Gasteiger partial charge is 0.414 e. The molecule has 1 aliphatic rings. The number of ether oxygens (including phenoxy) is 1. The number of imidazole rings is 1. The predicted octanol–water partition coefficient (Wildman–Crippen LogP) is 4.52. The standard InChI is InChI=1S/C28H35N5O4/c1-17-29-21-15-18(27(5,6)36)12-13-22(21)33(17)20-11-9-10-19(14-20)28(7)16-23(34)32(8)24(31-28)30-25(35)37-26(2,3)4/h9-15,36H,16H2,1-8H3,(H,30,31,35)/t28-/m0/s1. The summed E-state index contributed by atoms with van der Waals surface area (Å²) >= 11 is 0. The fraction of sp³-hybridized carbons (Fsp3) is 0.429. The van der Waals surface area contributed by atoms with Crippen LogP contribution in [0.15, 0.2) is 47.5 Å². The topological polar surface area (TPSA) is 109 Å². The van der Waals surface area contributed by atoms with Crippen molar-refractivity contribution in [1.82, 2.24) is 19.8 Å². The van der Waals surface area contributed by atoms with Crippen LogP contribution in [-0.2, 0) is 20.7 Å². The van der Waals surface area contributed by atoms with E-state index in [2.05, 4.69) is 5.32 Å². The maximum atomic E-state index is 12.9. The molecule has 196 valence electrons. The summed E-state index contributed by atoms with van der Waals surface area (Å²) in [6.45, 7) is 12.6. The highest BCUT2D eigenvalue weighted by atomic mass is 16.6. The van der Waals surface area contributed by atoms with Gasteiger partial charge < -0.3 is 9.84 Å². The van der Waals surface area contributed by atoms with Crippen LogP contribution in [0.3, 0.4) is 0 Å².